The fourth-order valence-electron chi connectivity index (χ4n) is 2.85. The largest absolute Gasteiger partial charge is 0.353 e. The molecule has 2 heterocycles. The molecule has 2 unspecified atom stereocenters. The zero-order valence-electron chi connectivity index (χ0n) is 11.4. The minimum atomic E-state index is -0.116. The molecule has 0 saturated carbocycles. The number of amides is 1. The Bertz CT molecular complexity index is 487. The van der Waals surface area contributed by atoms with Gasteiger partial charge in [-0.05, 0) is 33.2 Å². The summed E-state index contributed by atoms with van der Waals surface area (Å²) in [5.74, 6) is 0.101. The number of carbonyl (C=O) groups is 1. The molecule has 2 N–H and O–H groups in total. The van der Waals surface area contributed by atoms with E-state index in [1.807, 2.05) is 14.0 Å². The van der Waals surface area contributed by atoms with Gasteiger partial charge < -0.3 is 15.5 Å². The van der Waals surface area contributed by atoms with Crippen molar-refractivity contribution in [2.24, 2.45) is 0 Å². The molecule has 0 radical (unpaired) electrons. The highest BCUT2D eigenvalue weighted by Gasteiger charge is 2.30. The molecule has 3 rings (SSSR count). The number of nitrogens with one attached hydrogen (secondary N) is 2. The van der Waals surface area contributed by atoms with Gasteiger partial charge >= 0.3 is 0 Å². The number of hydrogen-bond acceptors (Lipinski definition) is 5. The van der Waals surface area contributed by atoms with Crippen molar-refractivity contribution in [2.45, 2.75) is 38.3 Å². The maximum atomic E-state index is 11.8. The molecule has 19 heavy (non-hydrogen) atoms. The van der Waals surface area contributed by atoms with Crippen LogP contribution in [0.5, 0.6) is 0 Å². The number of hydrogen-bond donors (Lipinski definition) is 2. The lowest BCUT2D eigenvalue weighted by atomic mass is 9.98. The first kappa shape index (κ1) is 12.9. The normalized spacial score (nSPS) is 27.1. The van der Waals surface area contributed by atoms with Crippen molar-refractivity contribution < 1.29 is 4.79 Å². The van der Waals surface area contributed by atoms with Gasteiger partial charge in [-0.1, -0.05) is 0 Å². The molecule has 0 spiro atoms. The van der Waals surface area contributed by atoms with Gasteiger partial charge in [0.25, 0.3) is 0 Å². The van der Waals surface area contributed by atoms with Gasteiger partial charge in [0.2, 0.25) is 5.91 Å². The summed E-state index contributed by atoms with van der Waals surface area (Å²) in [5.41, 5.74) is 1.20. The minimum absolute atomic E-state index is 0.101. The van der Waals surface area contributed by atoms with Crippen LogP contribution in [0.25, 0.3) is 0 Å². The van der Waals surface area contributed by atoms with E-state index >= 15 is 0 Å². The Morgan fingerprint density at radius 3 is 3.16 bits per heavy atom. The van der Waals surface area contributed by atoms with Crippen LogP contribution in [0.4, 0.5) is 5.13 Å². The maximum Gasteiger partial charge on any atom is 0.242 e. The number of nitrogens with zero attached hydrogens (tertiary/aromatic N) is 2. The summed E-state index contributed by atoms with van der Waals surface area (Å²) in [5, 5.41) is 7.25. The number of rotatable bonds is 2. The van der Waals surface area contributed by atoms with Crippen molar-refractivity contribution >= 4 is 22.4 Å². The number of aromatic nitrogens is 1. The van der Waals surface area contributed by atoms with Gasteiger partial charge in [0.05, 0.1) is 11.7 Å². The topological polar surface area (TPSA) is 57.3 Å². The van der Waals surface area contributed by atoms with Crippen LogP contribution in [-0.2, 0) is 11.2 Å². The Balaban J connectivity index is 1.89. The molecule has 1 aromatic heterocycles. The van der Waals surface area contributed by atoms with Crippen molar-refractivity contribution in [2.75, 3.05) is 25.0 Å². The second kappa shape index (κ2) is 5.09. The standard InChI is InChI=1S/C13H20N4OS/c1-8-12(18)15-6-7-17(8)13-16-11-9(14-2)4-3-5-10(11)19-13/h8-9,14H,3-7H2,1-2H3,(H,15,18). The second-order valence-electron chi connectivity index (χ2n) is 5.20. The van der Waals surface area contributed by atoms with Crippen molar-refractivity contribution in [3.63, 3.8) is 0 Å². The third-order valence-corrected chi connectivity index (χ3v) is 5.20. The Kier molecular flexibility index (Phi) is 3.45. The van der Waals surface area contributed by atoms with Crippen molar-refractivity contribution in [3.05, 3.63) is 10.6 Å². The van der Waals surface area contributed by atoms with Crippen LogP contribution in [0.15, 0.2) is 0 Å². The zero-order chi connectivity index (χ0) is 13.4. The fourth-order valence-corrected chi connectivity index (χ4v) is 4.12. The van der Waals surface area contributed by atoms with Gasteiger partial charge in [-0.2, -0.15) is 0 Å². The molecule has 6 heteroatoms. The van der Waals surface area contributed by atoms with Crippen LogP contribution in [0.2, 0.25) is 0 Å². The van der Waals surface area contributed by atoms with E-state index in [9.17, 15) is 4.79 Å². The lowest BCUT2D eigenvalue weighted by Crippen LogP contribution is -2.54. The molecule has 2 atom stereocenters. The molecule has 0 bridgehead atoms. The smallest absolute Gasteiger partial charge is 0.242 e. The van der Waals surface area contributed by atoms with Gasteiger partial charge in [-0.3, -0.25) is 4.79 Å². The van der Waals surface area contributed by atoms with Crippen LogP contribution in [0.3, 0.4) is 0 Å². The number of aryl methyl sites for hydroxylation is 1. The molecule has 1 aromatic rings. The van der Waals surface area contributed by atoms with Crippen molar-refractivity contribution in [3.8, 4) is 0 Å². The number of carbonyl (C=O) groups excluding carboxylic acids is 1. The van der Waals surface area contributed by atoms with E-state index in [1.165, 1.54) is 17.0 Å². The van der Waals surface area contributed by atoms with Crippen LogP contribution in [0, 0.1) is 0 Å². The van der Waals surface area contributed by atoms with Gasteiger partial charge in [0.1, 0.15) is 6.04 Å². The van der Waals surface area contributed by atoms with E-state index in [-0.39, 0.29) is 11.9 Å². The summed E-state index contributed by atoms with van der Waals surface area (Å²) in [6, 6.07) is 0.261. The Labute approximate surface area is 117 Å². The molecule has 5 nitrogen and oxygen atoms in total. The van der Waals surface area contributed by atoms with Crippen LogP contribution in [0.1, 0.15) is 36.4 Å². The van der Waals surface area contributed by atoms with E-state index < -0.39 is 0 Å². The number of anilines is 1. The average Bonchev–Trinajstić information content (AvgIpc) is 2.85. The number of thiazole rings is 1. The molecule has 1 aliphatic heterocycles. The first-order chi connectivity index (χ1) is 9.20. The van der Waals surface area contributed by atoms with Gasteiger partial charge in [0.15, 0.2) is 5.13 Å². The lowest BCUT2D eigenvalue weighted by Gasteiger charge is -2.32. The van der Waals surface area contributed by atoms with Crippen molar-refractivity contribution in [1.29, 1.82) is 0 Å². The third kappa shape index (κ3) is 2.23. The number of piperazine rings is 1. The number of fused-ring (bicyclic) bond motifs is 1. The molecule has 1 saturated heterocycles. The summed E-state index contributed by atoms with van der Waals surface area (Å²) < 4.78 is 0. The Morgan fingerprint density at radius 1 is 1.53 bits per heavy atom. The second-order valence-corrected chi connectivity index (χ2v) is 6.26. The van der Waals surface area contributed by atoms with Crippen molar-refractivity contribution in [1.82, 2.24) is 15.6 Å². The molecular formula is C13H20N4OS. The van der Waals surface area contributed by atoms with E-state index in [0.717, 1.165) is 24.5 Å². The minimum Gasteiger partial charge on any atom is -0.353 e. The van der Waals surface area contributed by atoms with Crippen LogP contribution >= 0.6 is 11.3 Å². The van der Waals surface area contributed by atoms with E-state index in [2.05, 4.69) is 15.5 Å². The zero-order valence-corrected chi connectivity index (χ0v) is 12.2. The quantitative estimate of drug-likeness (QED) is 0.851. The highest BCUT2D eigenvalue weighted by Crippen LogP contribution is 2.37. The maximum absolute atomic E-state index is 11.8. The van der Waals surface area contributed by atoms with Gasteiger partial charge in [0, 0.05) is 18.0 Å². The van der Waals surface area contributed by atoms with E-state index in [0.29, 0.717) is 12.6 Å². The first-order valence-corrected chi connectivity index (χ1v) is 7.73. The first-order valence-electron chi connectivity index (χ1n) is 6.92. The SMILES string of the molecule is CNC1CCCc2sc(N3CCNC(=O)C3C)nc21. The molecular weight excluding hydrogens is 260 g/mol. The predicted molar refractivity (Wildman–Crippen MR) is 76.7 cm³/mol. The molecule has 1 aliphatic carbocycles. The van der Waals surface area contributed by atoms with Crippen LogP contribution in [-0.4, -0.2) is 37.1 Å². The van der Waals surface area contributed by atoms with Gasteiger partial charge in [-0.25, -0.2) is 4.98 Å². The summed E-state index contributed by atoms with van der Waals surface area (Å²) in [4.78, 5) is 20.1. The van der Waals surface area contributed by atoms with Gasteiger partial charge in [-0.15, -0.1) is 11.3 Å². The van der Waals surface area contributed by atoms with E-state index in [4.69, 9.17) is 4.98 Å². The van der Waals surface area contributed by atoms with E-state index in [1.54, 1.807) is 11.3 Å². The monoisotopic (exact) mass is 280 g/mol. The molecule has 1 fully saturated rings. The Hall–Kier alpha value is -1.14. The highest BCUT2D eigenvalue weighted by atomic mass is 32.1. The van der Waals surface area contributed by atoms with Crippen LogP contribution < -0.4 is 15.5 Å². The molecule has 0 aromatic carbocycles. The fraction of sp³-hybridized carbons (Fsp3) is 0.692. The predicted octanol–water partition coefficient (Wildman–Crippen LogP) is 1.06. The average molecular weight is 280 g/mol. The third-order valence-electron chi connectivity index (χ3n) is 4.04. The molecule has 1 amide bonds. The Morgan fingerprint density at radius 2 is 2.37 bits per heavy atom. The lowest BCUT2D eigenvalue weighted by molar-refractivity contribution is -0.122. The summed E-state index contributed by atoms with van der Waals surface area (Å²) in [6.07, 6.45) is 3.50. The molecule has 104 valence electrons. The highest BCUT2D eigenvalue weighted by molar-refractivity contribution is 7.15. The summed E-state index contributed by atoms with van der Waals surface area (Å²) >= 11 is 1.76. The molecule has 2 aliphatic rings. The summed E-state index contributed by atoms with van der Waals surface area (Å²) in [7, 11) is 2.00. The summed E-state index contributed by atoms with van der Waals surface area (Å²) in [6.45, 7) is 3.51.